The number of H-pyrrole nitrogens is 1. The maximum Gasteiger partial charge on any atom is 0.119 e. The molecule has 3 aromatic rings. The number of ether oxygens (including phenoxy) is 1. The van der Waals surface area contributed by atoms with Crippen molar-refractivity contribution in [2.24, 2.45) is 0 Å². The van der Waals surface area contributed by atoms with Gasteiger partial charge in [-0.2, -0.15) is 0 Å². The zero-order chi connectivity index (χ0) is 14.2. The molecule has 3 heterocycles. The van der Waals surface area contributed by atoms with Crippen molar-refractivity contribution in [1.82, 2.24) is 15.3 Å². The Kier molecular flexibility index (Phi) is 4.05. The molecule has 1 unspecified atom stereocenters. The Morgan fingerprint density at radius 3 is 2.77 bits per heavy atom. The fourth-order valence-electron chi connectivity index (χ4n) is 3.17. The predicted octanol–water partition coefficient (Wildman–Crippen LogP) is 3.23. The van der Waals surface area contributed by atoms with Crippen molar-refractivity contribution in [3.63, 3.8) is 0 Å². The summed E-state index contributed by atoms with van der Waals surface area (Å²) in [7, 11) is 1.71. The van der Waals surface area contributed by atoms with Crippen molar-refractivity contribution >= 4 is 23.3 Å². The number of nitrogens with one attached hydrogen (secondary N) is 2. The summed E-state index contributed by atoms with van der Waals surface area (Å²) in [6, 6.07) is 10.6. The molecule has 1 aliphatic rings. The summed E-state index contributed by atoms with van der Waals surface area (Å²) in [5.74, 6) is 0.906. The van der Waals surface area contributed by atoms with Crippen LogP contribution < -0.4 is 10.1 Å². The summed E-state index contributed by atoms with van der Waals surface area (Å²) >= 11 is 0. The van der Waals surface area contributed by atoms with Crippen LogP contribution in [0.25, 0.3) is 10.9 Å². The molecule has 1 aliphatic heterocycles. The third-order valence-electron chi connectivity index (χ3n) is 4.20. The largest absolute Gasteiger partial charge is 0.497 e. The quantitative estimate of drug-likeness (QED) is 0.763. The monoisotopic (exact) mass is 315 g/mol. The molecule has 0 saturated heterocycles. The topological polar surface area (TPSA) is 49.9 Å². The van der Waals surface area contributed by atoms with Gasteiger partial charge >= 0.3 is 0 Å². The molecular weight excluding hydrogens is 298 g/mol. The lowest BCUT2D eigenvalue weighted by atomic mass is 9.95. The second kappa shape index (κ2) is 5.99. The molecule has 2 N–H and O–H groups in total. The normalized spacial score (nSPS) is 16.9. The first-order valence-electron chi connectivity index (χ1n) is 7.18. The maximum atomic E-state index is 5.36. The van der Waals surface area contributed by atoms with Gasteiger partial charge in [-0.25, -0.2) is 0 Å². The van der Waals surface area contributed by atoms with E-state index in [1.807, 2.05) is 18.5 Å². The number of nitrogens with zero attached hydrogens (tertiary/aromatic N) is 1. The van der Waals surface area contributed by atoms with Crippen LogP contribution in [-0.4, -0.2) is 23.6 Å². The summed E-state index contributed by atoms with van der Waals surface area (Å²) < 4.78 is 5.36. The van der Waals surface area contributed by atoms with Crippen molar-refractivity contribution in [2.45, 2.75) is 12.5 Å². The number of hydrogen-bond acceptors (Lipinski definition) is 3. The number of rotatable bonds is 2. The summed E-state index contributed by atoms with van der Waals surface area (Å²) in [5, 5.41) is 4.86. The molecule has 0 saturated carbocycles. The molecule has 0 amide bonds. The van der Waals surface area contributed by atoms with Crippen LogP contribution in [-0.2, 0) is 6.42 Å². The highest BCUT2D eigenvalue weighted by Crippen LogP contribution is 2.34. The van der Waals surface area contributed by atoms with Gasteiger partial charge in [-0.15, -0.1) is 12.4 Å². The van der Waals surface area contributed by atoms with Gasteiger partial charge in [-0.3, -0.25) is 4.98 Å². The Morgan fingerprint density at radius 1 is 1.18 bits per heavy atom. The minimum atomic E-state index is 0. The van der Waals surface area contributed by atoms with Crippen LogP contribution in [0.15, 0.2) is 42.7 Å². The first kappa shape index (κ1) is 14.9. The van der Waals surface area contributed by atoms with Crippen LogP contribution in [0, 0.1) is 0 Å². The van der Waals surface area contributed by atoms with E-state index in [-0.39, 0.29) is 18.4 Å². The molecule has 2 aromatic heterocycles. The molecule has 4 rings (SSSR count). The summed E-state index contributed by atoms with van der Waals surface area (Å²) in [5.41, 5.74) is 5.06. The van der Waals surface area contributed by atoms with Gasteiger partial charge in [0.15, 0.2) is 0 Å². The second-order valence-corrected chi connectivity index (χ2v) is 5.35. The Morgan fingerprint density at radius 2 is 2.00 bits per heavy atom. The van der Waals surface area contributed by atoms with Crippen molar-refractivity contribution in [1.29, 1.82) is 0 Å². The molecule has 5 heteroatoms. The number of halogens is 1. The highest BCUT2D eigenvalue weighted by atomic mass is 35.5. The average molecular weight is 316 g/mol. The molecule has 1 aromatic carbocycles. The van der Waals surface area contributed by atoms with Crippen molar-refractivity contribution in [2.75, 3.05) is 13.7 Å². The first-order valence-corrected chi connectivity index (χ1v) is 7.18. The van der Waals surface area contributed by atoms with Gasteiger partial charge in [0.05, 0.1) is 13.2 Å². The second-order valence-electron chi connectivity index (χ2n) is 5.35. The van der Waals surface area contributed by atoms with Crippen LogP contribution in [0.1, 0.15) is 22.9 Å². The fraction of sp³-hybridized carbons (Fsp3) is 0.235. The molecule has 0 bridgehead atoms. The lowest BCUT2D eigenvalue weighted by Gasteiger charge is -2.24. The molecular formula is C17H18ClN3O. The zero-order valence-electron chi connectivity index (χ0n) is 12.3. The standard InChI is InChI=1S/C17H17N3O.ClH/c1-21-12-2-3-15-14(10-12)13-6-9-19-16(17(13)20-15)11-4-7-18-8-5-11;/h2-5,7-8,10,16,19-20H,6,9H2,1H3;1H. The third kappa shape index (κ3) is 2.34. The van der Waals surface area contributed by atoms with E-state index in [0.29, 0.717) is 0 Å². The first-order chi connectivity index (χ1) is 10.4. The average Bonchev–Trinajstić information content (AvgIpc) is 2.93. The Labute approximate surface area is 135 Å². The molecule has 0 spiro atoms. The van der Waals surface area contributed by atoms with E-state index in [1.54, 1.807) is 7.11 Å². The maximum absolute atomic E-state index is 5.36. The van der Waals surface area contributed by atoms with Crippen LogP contribution in [0.3, 0.4) is 0 Å². The molecule has 1 atom stereocenters. The van der Waals surface area contributed by atoms with Crippen molar-refractivity contribution < 1.29 is 4.74 Å². The molecule has 0 aliphatic carbocycles. The van der Waals surface area contributed by atoms with E-state index < -0.39 is 0 Å². The van der Waals surface area contributed by atoms with E-state index in [0.717, 1.165) is 18.7 Å². The summed E-state index contributed by atoms with van der Waals surface area (Å²) in [6.45, 7) is 0.976. The molecule has 22 heavy (non-hydrogen) atoms. The smallest absolute Gasteiger partial charge is 0.119 e. The van der Waals surface area contributed by atoms with E-state index >= 15 is 0 Å². The molecule has 114 valence electrons. The van der Waals surface area contributed by atoms with Crippen molar-refractivity contribution in [3.05, 3.63) is 59.5 Å². The summed E-state index contributed by atoms with van der Waals surface area (Å²) in [4.78, 5) is 7.68. The molecule has 0 fully saturated rings. The van der Waals surface area contributed by atoms with Crippen molar-refractivity contribution in [3.8, 4) is 5.75 Å². The molecule has 0 radical (unpaired) electrons. The van der Waals surface area contributed by atoms with Gasteiger partial charge in [0.25, 0.3) is 0 Å². The van der Waals surface area contributed by atoms with Crippen LogP contribution in [0.2, 0.25) is 0 Å². The highest BCUT2D eigenvalue weighted by Gasteiger charge is 2.25. The molecule has 4 nitrogen and oxygen atoms in total. The lowest BCUT2D eigenvalue weighted by molar-refractivity contribution is 0.415. The zero-order valence-corrected chi connectivity index (χ0v) is 13.1. The Bertz CT molecular complexity index is 785. The Hall–Kier alpha value is -2.04. The van der Waals surface area contributed by atoms with E-state index in [1.165, 1.54) is 27.7 Å². The predicted molar refractivity (Wildman–Crippen MR) is 89.9 cm³/mol. The van der Waals surface area contributed by atoms with Gasteiger partial charge in [0.1, 0.15) is 5.75 Å². The number of hydrogen-bond donors (Lipinski definition) is 2. The van der Waals surface area contributed by atoms with E-state index in [4.69, 9.17) is 4.74 Å². The van der Waals surface area contributed by atoms with E-state index in [2.05, 4.69) is 39.6 Å². The Balaban J connectivity index is 0.00000144. The summed E-state index contributed by atoms with van der Waals surface area (Å²) in [6.07, 6.45) is 4.72. The van der Waals surface area contributed by atoms with Gasteiger partial charge in [-0.1, -0.05) is 0 Å². The number of benzene rings is 1. The van der Waals surface area contributed by atoms with Gasteiger partial charge in [0, 0.05) is 35.5 Å². The number of methoxy groups -OCH3 is 1. The lowest BCUT2D eigenvalue weighted by Crippen LogP contribution is -2.30. The van der Waals surface area contributed by atoms with Crippen LogP contribution >= 0.6 is 12.4 Å². The van der Waals surface area contributed by atoms with Gasteiger partial charge in [0.2, 0.25) is 0 Å². The number of aromatic amines is 1. The number of fused-ring (bicyclic) bond motifs is 3. The highest BCUT2D eigenvalue weighted by molar-refractivity contribution is 5.86. The minimum absolute atomic E-state index is 0. The van der Waals surface area contributed by atoms with Gasteiger partial charge < -0.3 is 15.0 Å². The minimum Gasteiger partial charge on any atom is -0.497 e. The third-order valence-corrected chi connectivity index (χ3v) is 4.20. The van der Waals surface area contributed by atoms with Crippen LogP contribution in [0.5, 0.6) is 5.75 Å². The van der Waals surface area contributed by atoms with Gasteiger partial charge in [-0.05, 0) is 47.9 Å². The SMILES string of the molecule is COc1ccc2[nH]c3c(c2c1)CCNC3c1ccncc1.Cl. The fourth-order valence-corrected chi connectivity index (χ4v) is 3.17. The van der Waals surface area contributed by atoms with Crippen LogP contribution in [0.4, 0.5) is 0 Å². The number of pyridine rings is 1. The van der Waals surface area contributed by atoms with E-state index in [9.17, 15) is 0 Å². The number of aromatic nitrogens is 2.